The Kier molecular flexibility index (Phi) is 2.60. The largest absolute Gasteiger partial charge is 0.361 e. The molecule has 0 fully saturated rings. The molecule has 0 bridgehead atoms. The van der Waals surface area contributed by atoms with Crippen molar-refractivity contribution in [1.82, 2.24) is 0 Å². The van der Waals surface area contributed by atoms with Crippen molar-refractivity contribution in [3.05, 3.63) is 46.0 Å². The van der Waals surface area contributed by atoms with Crippen molar-refractivity contribution in [2.45, 2.75) is 5.72 Å². The van der Waals surface area contributed by atoms with E-state index in [0.29, 0.717) is 0 Å². The molecule has 0 heterocycles. The average Bonchev–Trinajstić information content (AvgIpc) is 2.17. The van der Waals surface area contributed by atoms with E-state index in [2.05, 4.69) is 0 Å². The summed E-state index contributed by atoms with van der Waals surface area (Å²) in [4.78, 5) is 9.74. The highest BCUT2D eigenvalue weighted by Crippen LogP contribution is 2.19. The van der Waals surface area contributed by atoms with Gasteiger partial charge in [-0.3, -0.25) is 10.1 Å². The van der Waals surface area contributed by atoms with Crippen LogP contribution >= 0.6 is 0 Å². The van der Waals surface area contributed by atoms with Gasteiger partial charge in [-0.15, -0.1) is 0 Å². The first-order valence-corrected chi connectivity index (χ1v) is 3.73. The van der Waals surface area contributed by atoms with Crippen LogP contribution in [0.15, 0.2) is 30.3 Å². The summed E-state index contributed by atoms with van der Waals surface area (Å²) in [5, 5.41) is 20.1. The summed E-state index contributed by atoms with van der Waals surface area (Å²) in [6.07, 6.45) is 0. The average molecular weight is 182 g/mol. The predicted molar refractivity (Wildman–Crippen MR) is 46.4 cm³/mol. The minimum absolute atomic E-state index is 0.197. The number of nitrogens with two attached hydrogens (primary N) is 1. The molecule has 0 aliphatic heterocycles. The van der Waals surface area contributed by atoms with Crippen LogP contribution in [0.4, 0.5) is 0 Å². The minimum atomic E-state index is -2.17. The van der Waals surface area contributed by atoms with Gasteiger partial charge in [0.2, 0.25) is 0 Å². The van der Waals surface area contributed by atoms with E-state index in [4.69, 9.17) is 5.73 Å². The second-order valence-corrected chi connectivity index (χ2v) is 2.64. The van der Waals surface area contributed by atoms with Crippen LogP contribution in [-0.4, -0.2) is 16.6 Å². The lowest BCUT2D eigenvalue weighted by molar-refractivity contribution is -0.632. The summed E-state index contributed by atoms with van der Waals surface area (Å²) in [5.74, 6) is 0. The van der Waals surface area contributed by atoms with E-state index in [1.54, 1.807) is 18.2 Å². The summed E-state index contributed by atoms with van der Waals surface area (Å²) in [5.41, 5.74) is 3.18. The third-order valence-electron chi connectivity index (χ3n) is 1.82. The highest BCUT2D eigenvalue weighted by atomic mass is 16.7. The SMILES string of the molecule is NCC(O)(c1ccccc1)[N+](=O)[O-]. The van der Waals surface area contributed by atoms with Crippen LogP contribution in [0.25, 0.3) is 0 Å². The Hall–Kier alpha value is -1.46. The predicted octanol–water partition coefficient (Wildman–Crippen LogP) is 0.0671. The van der Waals surface area contributed by atoms with Crippen LogP contribution in [-0.2, 0) is 5.72 Å². The van der Waals surface area contributed by atoms with Crippen molar-refractivity contribution >= 4 is 0 Å². The second-order valence-electron chi connectivity index (χ2n) is 2.64. The Morgan fingerprint density at radius 2 is 2.00 bits per heavy atom. The first kappa shape index (κ1) is 9.63. The molecule has 0 aliphatic rings. The van der Waals surface area contributed by atoms with Crippen molar-refractivity contribution in [3.63, 3.8) is 0 Å². The van der Waals surface area contributed by atoms with Crippen molar-refractivity contribution in [2.75, 3.05) is 6.54 Å². The topological polar surface area (TPSA) is 89.4 Å². The molecule has 1 rings (SSSR count). The Morgan fingerprint density at radius 1 is 1.46 bits per heavy atom. The molecule has 0 aliphatic carbocycles. The summed E-state index contributed by atoms with van der Waals surface area (Å²) in [7, 11) is 0. The van der Waals surface area contributed by atoms with Gasteiger partial charge in [0.25, 0.3) is 0 Å². The quantitative estimate of drug-likeness (QED) is 0.393. The fraction of sp³-hybridized carbons (Fsp3) is 0.250. The van der Waals surface area contributed by atoms with E-state index < -0.39 is 17.2 Å². The van der Waals surface area contributed by atoms with Crippen molar-refractivity contribution in [1.29, 1.82) is 0 Å². The highest BCUT2D eigenvalue weighted by Gasteiger charge is 2.40. The molecule has 70 valence electrons. The lowest BCUT2D eigenvalue weighted by Gasteiger charge is -2.16. The number of benzene rings is 1. The Morgan fingerprint density at radius 3 is 2.38 bits per heavy atom. The molecular formula is C8H10N2O3. The van der Waals surface area contributed by atoms with E-state index in [1.165, 1.54) is 12.1 Å². The standard InChI is InChI=1S/C8H10N2O3/c9-6-8(11,10(12)13)7-4-2-1-3-5-7/h1-5,11H,6,9H2. The lowest BCUT2D eigenvalue weighted by atomic mass is 10.0. The number of rotatable bonds is 3. The van der Waals surface area contributed by atoms with Gasteiger partial charge < -0.3 is 10.8 Å². The minimum Gasteiger partial charge on any atom is -0.326 e. The van der Waals surface area contributed by atoms with Gasteiger partial charge in [-0.2, -0.15) is 0 Å². The second kappa shape index (κ2) is 3.51. The molecule has 5 nitrogen and oxygen atoms in total. The Balaban J connectivity index is 3.11. The highest BCUT2D eigenvalue weighted by molar-refractivity contribution is 5.19. The molecule has 0 saturated carbocycles. The smallest absolute Gasteiger partial charge is 0.326 e. The van der Waals surface area contributed by atoms with Crippen molar-refractivity contribution < 1.29 is 10.0 Å². The molecule has 13 heavy (non-hydrogen) atoms. The van der Waals surface area contributed by atoms with E-state index in [1.807, 2.05) is 0 Å². The zero-order valence-corrected chi connectivity index (χ0v) is 6.88. The zero-order valence-electron chi connectivity index (χ0n) is 6.88. The molecule has 1 aromatic rings. The molecule has 0 saturated heterocycles. The number of hydrogen-bond donors (Lipinski definition) is 2. The van der Waals surface area contributed by atoms with Gasteiger partial charge in [0, 0.05) is 0 Å². The van der Waals surface area contributed by atoms with Crippen molar-refractivity contribution in [3.8, 4) is 0 Å². The van der Waals surface area contributed by atoms with Gasteiger partial charge in [-0.05, 0) is 12.1 Å². The monoisotopic (exact) mass is 182 g/mol. The van der Waals surface area contributed by atoms with Gasteiger partial charge in [-0.1, -0.05) is 18.2 Å². The van der Waals surface area contributed by atoms with Gasteiger partial charge in [0.1, 0.15) is 0 Å². The van der Waals surface area contributed by atoms with Crippen molar-refractivity contribution in [2.24, 2.45) is 5.73 Å². The fourth-order valence-electron chi connectivity index (χ4n) is 1.00. The first-order valence-electron chi connectivity index (χ1n) is 3.73. The molecule has 1 atom stereocenters. The Bertz CT molecular complexity index is 302. The van der Waals surface area contributed by atoms with Gasteiger partial charge in [0.05, 0.1) is 17.0 Å². The normalized spacial score (nSPS) is 14.9. The third-order valence-corrected chi connectivity index (χ3v) is 1.82. The molecule has 3 N–H and O–H groups in total. The molecule has 0 spiro atoms. The molecule has 0 radical (unpaired) electrons. The Labute approximate surface area is 74.9 Å². The number of hydrogen-bond acceptors (Lipinski definition) is 4. The molecule has 0 aromatic heterocycles. The summed E-state index contributed by atoms with van der Waals surface area (Å²) in [6.45, 7) is -0.440. The maximum absolute atomic E-state index is 10.5. The molecule has 5 heteroatoms. The van der Waals surface area contributed by atoms with Crippen LogP contribution in [0, 0.1) is 10.1 Å². The van der Waals surface area contributed by atoms with Crippen LogP contribution in [0.2, 0.25) is 0 Å². The number of aliphatic hydroxyl groups is 1. The zero-order chi connectivity index (χ0) is 9.90. The van der Waals surface area contributed by atoms with Crippen LogP contribution in [0.3, 0.4) is 0 Å². The van der Waals surface area contributed by atoms with E-state index in [0.717, 1.165) is 0 Å². The van der Waals surface area contributed by atoms with Gasteiger partial charge in [0.15, 0.2) is 0 Å². The van der Waals surface area contributed by atoms with E-state index >= 15 is 0 Å². The van der Waals surface area contributed by atoms with Crippen LogP contribution < -0.4 is 5.73 Å². The molecule has 1 aromatic carbocycles. The third kappa shape index (κ3) is 1.66. The molecular weight excluding hydrogens is 172 g/mol. The number of nitrogens with zero attached hydrogens (tertiary/aromatic N) is 1. The van der Waals surface area contributed by atoms with Crippen LogP contribution in [0.1, 0.15) is 5.56 Å². The number of nitro groups is 1. The maximum atomic E-state index is 10.5. The fourth-order valence-corrected chi connectivity index (χ4v) is 1.00. The first-order chi connectivity index (χ1) is 6.11. The van der Waals surface area contributed by atoms with Gasteiger partial charge >= 0.3 is 5.72 Å². The summed E-state index contributed by atoms with van der Waals surface area (Å²) in [6, 6.07) is 7.87. The summed E-state index contributed by atoms with van der Waals surface area (Å²) < 4.78 is 0. The van der Waals surface area contributed by atoms with Crippen LogP contribution in [0.5, 0.6) is 0 Å². The summed E-state index contributed by atoms with van der Waals surface area (Å²) >= 11 is 0. The van der Waals surface area contributed by atoms with Gasteiger partial charge in [-0.25, -0.2) is 0 Å². The molecule has 1 unspecified atom stereocenters. The molecule has 0 amide bonds. The maximum Gasteiger partial charge on any atom is 0.361 e. The lowest BCUT2D eigenvalue weighted by Crippen LogP contribution is -2.42. The van der Waals surface area contributed by atoms with E-state index in [-0.39, 0.29) is 5.56 Å². The van der Waals surface area contributed by atoms with E-state index in [9.17, 15) is 15.2 Å².